The zero-order valence-corrected chi connectivity index (χ0v) is 17.1. The third kappa shape index (κ3) is 4.39. The van der Waals surface area contributed by atoms with Gasteiger partial charge in [-0.2, -0.15) is 18.4 Å². The summed E-state index contributed by atoms with van der Waals surface area (Å²) < 4.78 is 44.4. The second kappa shape index (κ2) is 8.71. The van der Waals surface area contributed by atoms with Crippen molar-refractivity contribution in [3.05, 3.63) is 52.5 Å². The summed E-state index contributed by atoms with van der Waals surface area (Å²) in [6, 6.07) is 11.1. The van der Waals surface area contributed by atoms with Gasteiger partial charge in [0.2, 0.25) is 0 Å². The van der Waals surface area contributed by atoms with Gasteiger partial charge >= 0.3 is 6.18 Å². The lowest BCUT2D eigenvalue weighted by atomic mass is 10.1. The maximum absolute atomic E-state index is 13.3. The van der Waals surface area contributed by atoms with Crippen LogP contribution in [0, 0.1) is 18.3 Å². The molecule has 0 saturated carbocycles. The van der Waals surface area contributed by atoms with Gasteiger partial charge < -0.3 is 9.64 Å². The van der Waals surface area contributed by atoms with Gasteiger partial charge in [-0.15, -0.1) is 11.3 Å². The van der Waals surface area contributed by atoms with Crippen LogP contribution in [0.4, 0.5) is 18.9 Å². The lowest BCUT2D eigenvalue weighted by Gasteiger charge is -2.22. The first-order valence-electron chi connectivity index (χ1n) is 9.15. The van der Waals surface area contributed by atoms with Crippen molar-refractivity contribution in [3.63, 3.8) is 0 Å². The van der Waals surface area contributed by atoms with E-state index in [0.29, 0.717) is 33.9 Å². The van der Waals surface area contributed by atoms with Crippen LogP contribution in [0.5, 0.6) is 5.75 Å². The molecule has 1 aromatic carbocycles. The first-order chi connectivity index (χ1) is 14.3. The molecule has 3 rings (SSSR count). The van der Waals surface area contributed by atoms with Crippen LogP contribution in [-0.2, 0) is 6.18 Å². The zero-order valence-electron chi connectivity index (χ0n) is 16.3. The summed E-state index contributed by atoms with van der Waals surface area (Å²) in [5, 5.41) is 9.49. The van der Waals surface area contributed by atoms with Gasteiger partial charge in [0.15, 0.2) is 0 Å². The molecule has 0 spiro atoms. The van der Waals surface area contributed by atoms with Gasteiger partial charge in [-0.1, -0.05) is 0 Å². The highest BCUT2D eigenvalue weighted by Gasteiger charge is 2.33. The average Bonchev–Trinajstić information content (AvgIpc) is 3.05. The summed E-state index contributed by atoms with van der Waals surface area (Å²) in [6.07, 6.45) is -4.45. The molecule has 0 atom stereocenters. The van der Waals surface area contributed by atoms with Crippen LogP contribution in [0.1, 0.15) is 34.3 Å². The first-order valence-corrected chi connectivity index (χ1v) is 9.97. The Morgan fingerprint density at radius 3 is 2.53 bits per heavy atom. The summed E-state index contributed by atoms with van der Waals surface area (Å²) in [7, 11) is 0. The van der Waals surface area contributed by atoms with Gasteiger partial charge in [0.05, 0.1) is 24.0 Å². The van der Waals surface area contributed by atoms with E-state index in [1.54, 1.807) is 31.2 Å². The molecule has 2 aromatic heterocycles. The number of hydrogen-bond acceptors (Lipinski definition) is 5. The van der Waals surface area contributed by atoms with E-state index in [2.05, 4.69) is 4.98 Å². The quantitative estimate of drug-likeness (QED) is 0.509. The molecule has 1 amide bonds. The molecule has 0 aliphatic rings. The Labute approximate surface area is 175 Å². The number of hydrogen-bond donors (Lipinski definition) is 0. The second-order valence-electron chi connectivity index (χ2n) is 6.39. The van der Waals surface area contributed by atoms with Crippen LogP contribution in [0.2, 0.25) is 0 Å². The van der Waals surface area contributed by atoms with Gasteiger partial charge in [0, 0.05) is 17.6 Å². The molecule has 0 fully saturated rings. The van der Waals surface area contributed by atoms with Crippen LogP contribution >= 0.6 is 11.3 Å². The van der Waals surface area contributed by atoms with Crippen molar-refractivity contribution in [2.24, 2.45) is 0 Å². The summed E-state index contributed by atoms with van der Waals surface area (Å²) in [6.45, 7) is 4.20. The number of amides is 1. The average molecular weight is 433 g/mol. The number of thiophene rings is 1. The molecule has 156 valence electrons. The minimum atomic E-state index is -4.56. The van der Waals surface area contributed by atoms with E-state index in [9.17, 15) is 18.0 Å². The third-order valence-corrected chi connectivity index (χ3v) is 5.63. The van der Waals surface area contributed by atoms with E-state index >= 15 is 0 Å². The second-order valence-corrected chi connectivity index (χ2v) is 7.39. The van der Waals surface area contributed by atoms with Gasteiger partial charge in [0.1, 0.15) is 16.3 Å². The highest BCUT2D eigenvalue weighted by Crippen LogP contribution is 2.35. The van der Waals surface area contributed by atoms with Gasteiger partial charge in [-0.25, -0.2) is 4.98 Å². The Morgan fingerprint density at radius 2 is 1.93 bits per heavy atom. The number of benzene rings is 1. The highest BCUT2D eigenvalue weighted by atomic mass is 32.1. The molecule has 0 aliphatic heterocycles. The summed E-state index contributed by atoms with van der Waals surface area (Å²) in [4.78, 5) is 18.9. The molecule has 30 heavy (non-hydrogen) atoms. The number of aryl methyl sites for hydroxylation is 1. The van der Waals surface area contributed by atoms with Crippen LogP contribution < -0.4 is 9.64 Å². The number of aromatic nitrogens is 1. The molecule has 0 N–H and O–H groups in total. The Bertz CT molecular complexity index is 1100. The predicted octanol–water partition coefficient (Wildman–Crippen LogP) is 5.58. The maximum Gasteiger partial charge on any atom is 0.433 e. The number of anilines is 1. The number of pyridine rings is 1. The Kier molecular flexibility index (Phi) is 6.27. The SMILES string of the molecule is CCOc1ccc(N(CCC#N)C(=O)c2sc3nc(C(F)(F)F)ccc3c2C)cc1. The fourth-order valence-electron chi connectivity index (χ4n) is 2.98. The molecule has 2 heterocycles. The molecule has 3 aromatic rings. The third-order valence-electron chi connectivity index (χ3n) is 4.44. The van der Waals surface area contributed by atoms with Crippen LogP contribution in [-0.4, -0.2) is 24.0 Å². The minimum Gasteiger partial charge on any atom is -0.494 e. The summed E-state index contributed by atoms with van der Waals surface area (Å²) >= 11 is 0.920. The van der Waals surface area contributed by atoms with E-state index in [0.717, 1.165) is 17.4 Å². The number of fused-ring (bicyclic) bond motifs is 1. The van der Waals surface area contributed by atoms with Gasteiger partial charge in [-0.3, -0.25) is 4.79 Å². The number of ether oxygens (including phenoxy) is 1. The number of nitriles is 1. The monoisotopic (exact) mass is 433 g/mol. The van der Waals surface area contributed by atoms with E-state index in [4.69, 9.17) is 10.00 Å². The molecule has 0 radical (unpaired) electrons. The molecule has 9 heteroatoms. The van der Waals surface area contributed by atoms with Crippen LogP contribution in [0.15, 0.2) is 36.4 Å². The molecule has 0 unspecified atom stereocenters. The minimum absolute atomic E-state index is 0.110. The fraction of sp³-hybridized carbons (Fsp3) is 0.286. The van der Waals surface area contributed by atoms with E-state index in [1.807, 2.05) is 13.0 Å². The molecule has 0 saturated heterocycles. The Morgan fingerprint density at radius 1 is 1.23 bits per heavy atom. The van der Waals surface area contributed by atoms with E-state index in [-0.39, 0.29) is 23.7 Å². The molecular formula is C21H18F3N3O2S. The molecule has 5 nitrogen and oxygen atoms in total. The number of alkyl halides is 3. The number of halogens is 3. The first kappa shape index (κ1) is 21.6. The fourth-order valence-corrected chi connectivity index (χ4v) is 4.11. The Hall–Kier alpha value is -3.12. The van der Waals surface area contributed by atoms with E-state index < -0.39 is 11.9 Å². The Balaban J connectivity index is 2.00. The molecule has 0 aliphatic carbocycles. The van der Waals surface area contributed by atoms with Gasteiger partial charge in [0.25, 0.3) is 5.91 Å². The number of carbonyl (C=O) groups is 1. The topological polar surface area (TPSA) is 66.2 Å². The number of rotatable bonds is 6. The van der Waals surface area contributed by atoms with Crippen molar-refractivity contribution in [3.8, 4) is 11.8 Å². The molecule has 0 bridgehead atoms. The van der Waals surface area contributed by atoms with Crippen LogP contribution in [0.3, 0.4) is 0 Å². The number of carbonyl (C=O) groups excluding carboxylic acids is 1. The highest BCUT2D eigenvalue weighted by molar-refractivity contribution is 7.20. The van der Waals surface area contributed by atoms with Gasteiger partial charge in [-0.05, 0) is 55.8 Å². The smallest absolute Gasteiger partial charge is 0.433 e. The summed E-state index contributed by atoms with van der Waals surface area (Å²) in [5.74, 6) is 0.263. The van der Waals surface area contributed by atoms with Crippen molar-refractivity contribution in [1.29, 1.82) is 5.26 Å². The largest absolute Gasteiger partial charge is 0.494 e. The van der Waals surface area contributed by atoms with Crippen LogP contribution in [0.25, 0.3) is 10.2 Å². The standard InChI is InChI=1S/C21H18F3N3O2S/c1-3-29-15-7-5-14(6-8-15)27(12-4-11-25)20(28)18-13(2)16-9-10-17(21(22,23)24)26-19(16)30-18/h5-10H,3-4,12H2,1-2H3. The molecular weight excluding hydrogens is 415 g/mol. The zero-order chi connectivity index (χ0) is 21.9. The van der Waals surface area contributed by atoms with Crippen molar-refractivity contribution < 1.29 is 22.7 Å². The lowest BCUT2D eigenvalue weighted by molar-refractivity contribution is -0.140. The van der Waals surface area contributed by atoms with Crippen molar-refractivity contribution in [2.75, 3.05) is 18.1 Å². The van der Waals surface area contributed by atoms with Crippen molar-refractivity contribution in [2.45, 2.75) is 26.4 Å². The summed E-state index contributed by atoms with van der Waals surface area (Å²) in [5.41, 5.74) is 0.136. The lowest BCUT2D eigenvalue weighted by Crippen LogP contribution is -2.31. The van der Waals surface area contributed by atoms with Crippen molar-refractivity contribution >= 4 is 33.1 Å². The van der Waals surface area contributed by atoms with Crippen molar-refractivity contribution in [1.82, 2.24) is 4.98 Å². The predicted molar refractivity (Wildman–Crippen MR) is 109 cm³/mol. The van der Waals surface area contributed by atoms with E-state index in [1.165, 1.54) is 11.0 Å². The number of nitrogens with zero attached hydrogens (tertiary/aromatic N) is 3. The normalized spacial score (nSPS) is 11.3. The maximum atomic E-state index is 13.3.